The Labute approximate surface area is 268 Å². The number of aromatic nitrogens is 1. The molecule has 0 unspecified atom stereocenters. The zero-order valence-electron chi connectivity index (χ0n) is 26.8. The number of nitrogens with zero attached hydrogens (tertiary/aromatic N) is 2. The van der Waals surface area contributed by atoms with Crippen LogP contribution in [0.25, 0.3) is 10.9 Å². The smallest absolute Gasteiger partial charge is 0.404 e. The molecule has 2 aromatic rings. The Morgan fingerprint density at radius 3 is 2.43 bits per heavy atom. The minimum Gasteiger partial charge on any atom is -0.465 e. The van der Waals surface area contributed by atoms with Crippen LogP contribution in [0.5, 0.6) is 0 Å². The number of hydrogen-bond acceptors (Lipinski definition) is 6. The van der Waals surface area contributed by atoms with E-state index in [0.29, 0.717) is 49.5 Å². The average molecular weight is 641 g/mol. The predicted octanol–water partition coefficient (Wildman–Crippen LogP) is 5.28. The molecule has 3 fully saturated rings. The second-order valence-corrected chi connectivity index (χ2v) is 14.0. The number of likely N-dealkylation sites (tertiary alicyclic amines) is 1. The zero-order chi connectivity index (χ0) is 32.7. The number of benzene rings is 1. The second kappa shape index (κ2) is 12.8. The van der Waals surface area contributed by atoms with Crippen LogP contribution in [0.4, 0.5) is 14.9 Å². The first-order chi connectivity index (χ1) is 22.0. The van der Waals surface area contributed by atoms with Gasteiger partial charge < -0.3 is 30.1 Å². The van der Waals surface area contributed by atoms with Gasteiger partial charge in [0, 0.05) is 30.6 Å². The number of hydrogen-bond donors (Lipinski definition) is 3. The molecule has 3 atom stereocenters. The van der Waals surface area contributed by atoms with Crippen LogP contribution < -0.4 is 10.6 Å². The van der Waals surface area contributed by atoms with E-state index in [1.165, 1.54) is 0 Å². The molecule has 0 bridgehead atoms. The van der Waals surface area contributed by atoms with Crippen molar-refractivity contribution in [2.45, 2.75) is 95.5 Å². The fraction of sp³-hybridized carbons (Fsp3) is 0.647. The number of rotatable bonds is 8. The lowest BCUT2D eigenvalue weighted by Gasteiger charge is -2.37. The highest BCUT2D eigenvalue weighted by atomic mass is 19.1. The van der Waals surface area contributed by atoms with Gasteiger partial charge in [-0.25, -0.2) is 14.0 Å². The maximum atomic E-state index is 14.2. The molecule has 1 aromatic heterocycles. The van der Waals surface area contributed by atoms with Crippen molar-refractivity contribution in [3.8, 4) is 0 Å². The first kappa shape index (κ1) is 32.3. The van der Waals surface area contributed by atoms with Gasteiger partial charge in [-0.15, -0.1) is 0 Å². The molecule has 12 heteroatoms. The van der Waals surface area contributed by atoms with Crippen molar-refractivity contribution in [1.82, 2.24) is 14.8 Å². The first-order valence-electron chi connectivity index (χ1n) is 16.6. The maximum absolute atomic E-state index is 14.2. The summed E-state index contributed by atoms with van der Waals surface area (Å²) in [4.78, 5) is 53.6. The number of alkyl halides is 1. The number of anilines is 1. The lowest BCUT2D eigenvalue weighted by molar-refractivity contribution is -0.142. The number of fused-ring (bicyclic) bond motifs is 3. The summed E-state index contributed by atoms with van der Waals surface area (Å²) in [5, 5.41) is 15.3. The van der Waals surface area contributed by atoms with E-state index in [1.54, 1.807) is 18.1 Å². The zero-order valence-corrected chi connectivity index (χ0v) is 26.8. The van der Waals surface area contributed by atoms with Gasteiger partial charge in [0.1, 0.15) is 18.4 Å². The van der Waals surface area contributed by atoms with Gasteiger partial charge in [0.15, 0.2) is 5.72 Å². The Bertz CT molecular complexity index is 1490. The third-order valence-corrected chi connectivity index (χ3v) is 11.0. The molecule has 11 nitrogen and oxygen atoms in total. The van der Waals surface area contributed by atoms with E-state index in [1.807, 2.05) is 36.6 Å². The van der Waals surface area contributed by atoms with Gasteiger partial charge in [-0.05, 0) is 114 Å². The summed E-state index contributed by atoms with van der Waals surface area (Å²) < 4.78 is 26.5. The summed E-state index contributed by atoms with van der Waals surface area (Å²) in [6, 6.07) is 5.93. The average Bonchev–Trinajstić information content (AvgIpc) is 3.71. The van der Waals surface area contributed by atoms with E-state index < -0.39 is 30.6 Å². The summed E-state index contributed by atoms with van der Waals surface area (Å²) >= 11 is 0. The number of carboxylic acid groups (broad SMARTS) is 1. The lowest BCUT2D eigenvalue weighted by Crippen LogP contribution is -2.50. The van der Waals surface area contributed by atoms with E-state index >= 15 is 0 Å². The van der Waals surface area contributed by atoms with Crippen molar-refractivity contribution < 1.29 is 38.1 Å². The first-order valence-corrected chi connectivity index (χ1v) is 16.6. The normalized spacial score (nSPS) is 29.7. The van der Waals surface area contributed by atoms with Crippen LogP contribution >= 0.6 is 0 Å². The van der Waals surface area contributed by atoms with Crippen molar-refractivity contribution in [1.29, 1.82) is 0 Å². The monoisotopic (exact) mass is 640 g/mol. The van der Waals surface area contributed by atoms with E-state index in [2.05, 4.69) is 10.6 Å². The Balaban J connectivity index is 1.20. The van der Waals surface area contributed by atoms with Gasteiger partial charge in [0.25, 0.3) is 0 Å². The molecule has 3 amide bonds. The topological polar surface area (TPSA) is 139 Å². The van der Waals surface area contributed by atoms with Crippen LogP contribution in [0.15, 0.2) is 24.3 Å². The van der Waals surface area contributed by atoms with Gasteiger partial charge in [0.05, 0.1) is 17.7 Å². The number of carbonyl (C=O) groups excluding carboxylic acids is 3. The number of carbonyl (C=O) groups is 4. The van der Waals surface area contributed by atoms with E-state index in [0.717, 1.165) is 43.0 Å². The highest BCUT2D eigenvalue weighted by Crippen LogP contribution is 2.42. The van der Waals surface area contributed by atoms with Gasteiger partial charge >= 0.3 is 12.1 Å². The van der Waals surface area contributed by atoms with Crippen LogP contribution in [0.3, 0.4) is 0 Å². The summed E-state index contributed by atoms with van der Waals surface area (Å²) in [7, 11) is 1.74. The lowest BCUT2D eigenvalue weighted by atomic mass is 9.75. The number of methoxy groups -OCH3 is 1. The van der Waals surface area contributed by atoms with Crippen molar-refractivity contribution in [3.05, 3.63) is 30.0 Å². The minimum atomic E-state index is -1.25. The molecule has 0 spiro atoms. The maximum Gasteiger partial charge on any atom is 0.404 e. The van der Waals surface area contributed by atoms with E-state index in [9.17, 15) is 23.6 Å². The largest absolute Gasteiger partial charge is 0.465 e. The fourth-order valence-corrected chi connectivity index (χ4v) is 8.65. The van der Waals surface area contributed by atoms with Crippen molar-refractivity contribution in [2.24, 2.45) is 23.7 Å². The van der Waals surface area contributed by atoms with Gasteiger partial charge in [-0.1, -0.05) is 0 Å². The van der Waals surface area contributed by atoms with E-state index in [-0.39, 0.29) is 41.6 Å². The summed E-state index contributed by atoms with van der Waals surface area (Å²) in [5.41, 5.74) is 1.09. The predicted molar refractivity (Wildman–Crippen MR) is 168 cm³/mol. The van der Waals surface area contributed by atoms with E-state index in [4.69, 9.17) is 14.6 Å². The molecule has 0 radical (unpaired) electrons. The number of esters is 1. The van der Waals surface area contributed by atoms with Crippen LogP contribution in [0.2, 0.25) is 0 Å². The molecule has 250 valence electrons. The van der Waals surface area contributed by atoms with Crippen molar-refractivity contribution in [3.63, 3.8) is 0 Å². The Morgan fingerprint density at radius 2 is 1.78 bits per heavy atom. The molecule has 2 aliphatic heterocycles. The number of nitrogens with one attached hydrogen (secondary N) is 2. The molecular formula is C34H45FN4O7. The molecule has 6 rings (SSSR count). The Hall–Kier alpha value is -3.67. The molecule has 3 N–H and O–H groups in total. The van der Waals surface area contributed by atoms with Crippen molar-refractivity contribution >= 4 is 40.5 Å². The summed E-state index contributed by atoms with van der Waals surface area (Å²) in [5.74, 6) is -0.778. The summed E-state index contributed by atoms with van der Waals surface area (Å²) in [6.07, 6.45) is 5.62. The molecule has 1 saturated heterocycles. The van der Waals surface area contributed by atoms with Gasteiger partial charge in [-0.2, -0.15) is 0 Å². The Kier molecular flexibility index (Phi) is 9.02. The molecule has 1 aromatic carbocycles. The van der Waals surface area contributed by atoms with Crippen LogP contribution in [0, 0.1) is 23.7 Å². The number of cyclic esters (lactones) is 1. The molecule has 3 heterocycles. The quantitative estimate of drug-likeness (QED) is 0.334. The summed E-state index contributed by atoms with van der Waals surface area (Å²) in [6.45, 7) is 3.39. The SMILES string of the molecule is CO[C@H]1CC[C@H]([C@@H]2CCN(C(=O)[C@H]3CC[C@H]([C@@H](CF)NC(=O)O)CC3)[C@@H]2C(=O)Nc2ccc3c(c2)cc2n3C(C)(C)OC2=O)CC1. The molecule has 2 aliphatic carbocycles. The minimum absolute atomic E-state index is 0.0198. The van der Waals surface area contributed by atoms with Crippen LogP contribution in [0.1, 0.15) is 82.1 Å². The Morgan fingerprint density at radius 1 is 1.07 bits per heavy atom. The van der Waals surface area contributed by atoms with Gasteiger partial charge in [-0.3, -0.25) is 14.2 Å². The third kappa shape index (κ3) is 6.08. The third-order valence-electron chi connectivity index (χ3n) is 11.0. The second-order valence-electron chi connectivity index (χ2n) is 14.0. The van der Waals surface area contributed by atoms with Crippen LogP contribution in [-0.2, 0) is 24.8 Å². The molecule has 2 saturated carbocycles. The highest BCUT2D eigenvalue weighted by Gasteiger charge is 2.47. The molecule has 46 heavy (non-hydrogen) atoms. The van der Waals surface area contributed by atoms with Crippen molar-refractivity contribution in [2.75, 3.05) is 25.6 Å². The van der Waals surface area contributed by atoms with Crippen LogP contribution in [-0.4, -0.2) is 77.0 Å². The number of amides is 3. The van der Waals surface area contributed by atoms with Gasteiger partial charge in [0.2, 0.25) is 11.8 Å². The highest BCUT2D eigenvalue weighted by molar-refractivity contribution is 6.02. The molecular weight excluding hydrogens is 595 g/mol. The number of halogens is 1. The fourth-order valence-electron chi connectivity index (χ4n) is 8.65. The standard InChI is InChI=1S/C34H45FN4O7/c1-34(2)39-27-13-10-23(16-22(27)17-28(39)32(42)46-34)36-30(40)29-25(19-8-11-24(45-3)12-9-19)14-15-38(29)31(41)21-6-4-20(5-7-21)26(18-35)37-33(43)44/h10,13,16-17,19-21,24-26,29,37H,4-9,11-12,14-15,18H2,1-3H3,(H,36,40)(H,43,44)/t19-,20-,21-,24-,25-,26+,29-/m0/s1. The number of ether oxygens (including phenoxy) is 2. The molecule has 4 aliphatic rings.